The average molecular weight is 300 g/mol. The molecule has 4 heteroatoms. The topological polar surface area (TPSA) is 42.0 Å². The molecule has 1 aliphatic rings. The van der Waals surface area contributed by atoms with Gasteiger partial charge in [0.2, 0.25) is 5.91 Å². The van der Waals surface area contributed by atoms with Crippen LogP contribution >= 0.6 is 11.3 Å². The predicted octanol–water partition coefficient (Wildman–Crippen LogP) is 4.46. The zero-order chi connectivity index (χ0) is 15.0. The quantitative estimate of drug-likeness (QED) is 0.909. The van der Waals surface area contributed by atoms with E-state index in [2.05, 4.69) is 55.3 Å². The molecule has 110 valence electrons. The Kier molecular flexibility index (Phi) is 3.57. The van der Waals surface area contributed by atoms with Crippen molar-refractivity contribution in [3.05, 3.63) is 35.2 Å². The third-order valence-corrected chi connectivity index (χ3v) is 4.49. The number of aromatic nitrogens is 1. The van der Waals surface area contributed by atoms with Gasteiger partial charge in [-0.05, 0) is 23.8 Å². The van der Waals surface area contributed by atoms with Gasteiger partial charge in [0.1, 0.15) is 0 Å². The molecule has 0 spiro atoms. The van der Waals surface area contributed by atoms with Crippen LogP contribution < -0.4 is 5.32 Å². The molecular weight excluding hydrogens is 280 g/mol. The van der Waals surface area contributed by atoms with E-state index in [1.807, 2.05) is 5.38 Å². The van der Waals surface area contributed by atoms with Crippen LogP contribution in [-0.4, -0.2) is 10.9 Å². The van der Waals surface area contributed by atoms with E-state index >= 15 is 0 Å². The Balaban J connectivity index is 1.74. The Hall–Kier alpha value is -1.68. The van der Waals surface area contributed by atoms with Crippen LogP contribution in [0, 0.1) is 5.92 Å². The van der Waals surface area contributed by atoms with Crippen molar-refractivity contribution < 1.29 is 4.79 Å². The molecule has 1 amide bonds. The molecule has 1 saturated carbocycles. The Morgan fingerprint density at radius 1 is 1.24 bits per heavy atom. The number of rotatable bonds is 3. The van der Waals surface area contributed by atoms with Crippen LogP contribution in [0.2, 0.25) is 0 Å². The second-order valence-corrected chi connectivity index (χ2v) is 7.49. The van der Waals surface area contributed by atoms with Gasteiger partial charge in [0, 0.05) is 16.9 Å². The summed E-state index contributed by atoms with van der Waals surface area (Å²) in [5.41, 5.74) is 3.48. The van der Waals surface area contributed by atoms with Crippen LogP contribution in [0.15, 0.2) is 29.6 Å². The number of nitrogens with zero attached hydrogens (tertiary/aromatic N) is 1. The van der Waals surface area contributed by atoms with Crippen molar-refractivity contribution in [1.82, 2.24) is 4.98 Å². The Bertz CT molecular complexity index is 648. The van der Waals surface area contributed by atoms with Gasteiger partial charge >= 0.3 is 0 Å². The van der Waals surface area contributed by atoms with Crippen LogP contribution in [0.3, 0.4) is 0 Å². The highest BCUT2D eigenvalue weighted by Crippen LogP contribution is 2.32. The fourth-order valence-electron chi connectivity index (χ4n) is 2.16. The van der Waals surface area contributed by atoms with Gasteiger partial charge in [-0.3, -0.25) is 4.79 Å². The third kappa shape index (κ3) is 3.32. The molecule has 21 heavy (non-hydrogen) atoms. The molecule has 1 N–H and O–H groups in total. The minimum Gasteiger partial charge on any atom is -0.302 e. The first-order valence-electron chi connectivity index (χ1n) is 7.31. The maximum absolute atomic E-state index is 11.7. The number of amides is 1. The van der Waals surface area contributed by atoms with Gasteiger partial charge in [-0.2, -0.15) is 0 Å². The predicted molar refractivity (Wildman–Crippen MR) is 87.6 cm³/mol. The van der Waals surface area contributed by atoms with E-state index in [1.54, 1.807) is 0 Å². The van der Waals surface area contributed by atoms with Crippen LogP contribution in [0.25, 0.3) is 11.3 Å². The molecule has 0 radical (unpaired) electrons. The smallest absolute Gasteiger partial charge is 0.229 e. The molecule has 0 bridgehead atoms. The average Bonchev–Trinajstić information content (AvgIpc) is 3.19. The standard InChI is InChI=1S/C17H20N2OS/c1-17(2,3)13-8-6-11(7-9-13)14-10-21-16(18-14)19-15(20)12-4-5-12/h6-10,12H,4-5H2,1-3H3,(H,18,19,20). The lowest BCUT2D eigenvalue weighted by molar-refractivity contribution is -0.117. The summed E-state index contributed by atoms with van der Waals surface area (Å²) in [6.07, 6.45) is 2.02. The molecule has 0 saturated heterocycles. The van der Waals surface area contributed by atoms with E-state index in [4.69, 9.17) is 0 Å². The third-order valence-electron chi connectivity index (χ3n) is 3.73. The first-order chi connectivity index (χ1) is 9.93. The number of hydrogen-bond acceptors (Lipinski definition) is 3. The van der Waals surface area contributed by atoms with Gasteiger partial charge in [-0.25, -0.2) is 4.98 Å². The van der Waals surface area contributed by atoms with Gasteiger partial charge in [0.25, 0.3) is 0 Å². The highest BCUT2D eigenvalue weighted by atomic mass is 32.1. The van der Waals surface area contributed by atoms with Crippen LogP contribution in [0.5, 0.6) is 0 Å². The van der Waals surface area contributed by atoms with Crippen LogP contribution in [0.4, 0.5) is 5.13 Å². The summed E-state index contributed by atoms with van der Waals surface area (Å²) in [4.78, 5) is 16.2. The number of anilines is 1. The Labute approximate surface area is 129 Å². The maximum Gasteiger partial charge on any atom is 0.229 e. The Morgan fingerprint density at radius 3 is 2.48 bits per heavy atom. The van der Waals surface area contributed by atoms with Crippen molar-refractivity contribution in [2.45, 2.75) is 39.0 Å². The number of thiazole rings is 1. The minimum atomic E-state index is 0.110. The summed E-state index contributed by atoms with van der Waals surface area (Å²) in [6, 6.07) is 8.50. The molecule has 0 unspecified atom stereocenters. The van der Waals surface area contributed by atoms with E-state index in [0.717, 1.165) is 24.1 Å². The van der Waals surface area contributed by atoms with Gasteiger partial charge in [0.05, 0.1) is 5.69 Å². The highest BCUT2D eigenvalue weighted by molar-refractivity contribution is 7.14. The lowest BCUT2D eigenvalue weighted by atomic mass is 9.86. The zero-order valence-electron chi connectivity index (χ0n) is 12.6. The highest BCUT2D eigenvalue weighted by Gasteiger charge is 2.30. The van der Waals surface area contributed by atoms with E-state index in [-0.39, 0.29) is 17.2 Å². The summed E-state index contributed by atoms with van der Waals surface area (Å²) in [5.74, 6) is 0.322. The van der Waals surface area contributed by atoms with E-state index in [1.165, 1.54) is 16.9 Å². The van der Waals surface area contributed by atoms with E-state index in [0.29, 0.717) is 5.13 Å². The normalized spacial score (nSPS) is 15.0. The number of benzene rings is 1. The number of carbonyl (C=O) groups excluding carboxylic acids is 1. The zero-order valence-corrected chi connectivity index (χ0v) is 13.5. The fraction of sp³-hybridized carbons (Fsp3) is 0.412. The molecule has 2 aromatic rings. The molecule has 0 atom stereocenters. The SMILES string of the molecule is CC(C)(C)c1ccc(-c2csc(NC(=O)C3CC3)n2)cc1. The molecule has 3 rings (SSSR count). The van der Waals surface area contributed by atoms with E-state index in [9.17, 15) is 4.79 Å². The maximum atomic E-state index is 11.7. The summed E-state index contributed by atoms with van der Waals surface area (Å²) >= 11 is 1.48. The molecule has 1 fully saturated rings. The van der Waals surface area contributed by atoms with Crippen molar-refractivity contribution in [3.63, 3.8) is 0 Å². The summed E-state index contributed by atoms with van der Waals surface area (Å²) < 4.78 is 0. The Morgan fingerprint density at radius 2 is 1.90 bits per heavy atom. The van der Waals surface area contributed by atoms with Crippen molar-refractivity contribution in [1.29, 1.82) is 0 Å². The number of carbonyl (C=O) groups is 1. The fourth-order valence-corrected chi connectivity index (χ4v) is 2.88. The van der Waals surface area contributed by atoms with Crippen molar-refractivity contribution >= 4 is 22.4 Å². The van der Waals surface area contributed by atoms with Gasteiger partial charge in [-0.15, -0.1) is 11.3 Å². The lowest BCUT2D eigenvalue weighted by Crippen LogP contribution is -2.12. The first-order valence-corrected chi connectivity index (χ1v) is 8.19. The number of hydrogen-bond donors (Lipinski definition) is 1. The van der Waals surface area contributed by atoms with Crippen molar-refractivity contribution in [3.8, 4) is 11.3 Å². The molecule has 1 heterocycles. The number of nitrogens with one attached hydrogen (secondary N) is 1. The lowest BCUT2D eigenvalue weighted by Gasteiger charge is -2.18. The summed E-state index contributed by atoms with van der Waals surface area (Å²) in [5, 5.41) is 5.59. The van der Waals surface area contributed by atoms with Crippen LogP contribution in [-0.2, 0) is 10.2 Å². The second kappa shape index (κ2) is 5.26. The monoisotopic (exact) mass is 300 g/mol. The molecular formula is C17H20N2OS. The molecule has 0 aliphatic heterocycles. The van der Waals surface area contributed by atoms with Crippen molar-refractivity contribution in [2.24, 2.45) is 5.92 Å². The molecule has 3 nitrogen and oxygen atoms in total. The minimum absolute atomic E-state index is 0.110. The van der Waals surface area contributed by atoms with Gasteiger partial charge < -0.3 is 5.32 Å². The molecule has 1 aromatic heterocycles. The summed E-state index contributed by atoms with van der Waals surface area (Å²) in [7, 11) is 0. The van der Waals surface area contributed by atoms with Crippen molar-refractivity contribution in [2.75, 3.05) is 5.32 Å². The largest absolute Gasteiger partial charge is 0.302 e. The van der Waals surface area contributed by atoms with Crippen LogP contribution in [0.1, 0.15) is 39.2 Å². The first kappa shape index (κ1) is 14.3. The van der Waals surface area contributed by atoms with E-state index < -0.39 is 0 Å². The molecule has 1 aromatic carbocycles. The molecule has 1 aliphatic carbocycles. The summed E-state index contributed by atoms with van der Waals surface area (Å²) in [6.45, 7) is 6.61. The van der Waals surface area contributed by atoms with Gasteiger partial charge in [-0.1, -0.05) is 45.0 Å². The second-order valence-electron chi connectivity index (χ2n) is 6.63. The van der Waals surface area contributed by atoms with Gasteiger partial charge in [0.15, 0.2) is 5.13 Å².